The summed E-state index contributed by atoms with van der Waals surface area (Å²) in [6, 6.07) is 6.81. The van der Waals surface area contributed by atoms with Crippen LogP contribution in [0.3, 0.4) is 0 Å². The zero-order chi connectivity index (χ0) is 23.8. The van der Waals surface area contributed by atoms with Gasteiger partial charge in [-0.15, -0.1) is 0 Å². The van der Waals surface area contributed by atoms with E-state index in [1.807, 2.05) is 18.2 Å². The summed E-state index contributed by atoms with van der Waals surface area (Å²) in [6.45, 7) is 4.03. The molecule has 1 atom stereocenters. The maximum Gasteiger partial charge on any atom is 0.277 e. The first kappa shape index (κ1) is 23.1. The number of imidazole rings is 1. The summed E-state index contributed by atoms with van der Waals surface area (Å²) in [5.74, 6) is 1.70. The number of sulfonamides is 1. The van der Waals surface area contributed by atoms with E-state index in [-0.39, 0.29) is 17.9 Å². The van der Waals surface area contributed by atoms with Crippen LogP contribution in [-0.4, -0.2) is 70.0 Å². The minimum atomic E-state index is -3.84. The summed E-state index contributed by atoms with van der Waals surface area (Å²) < 4.78 is 40.0. The zero-order valence-electron chi connectivity index (χ0n) is 19.8. The number of nitrogens with one attached hydrogen (secondary N) is 1. The molecule has 1 N–H and O–H groups in total. The lowest BCUT2D eigenvalue weighted by molar-refractivity contribution is -0.0129. The molecule has 3 fully saturated rings. The predicted molar refractivity (Wildman–Crippen MR) is 128 cm³/mol. The number of likely N-dealkylation sites (tertiary alicyclic amines) is 1. The molecule has 1 aromatic carbocycles. The highest BCUT2D eigenvalue weighted by Gasteiger charge is 2.39. The summed E-state index contributed by atoms with van der Waals surface area (Å²) in [6.07, 6.45) is 7.31. The minimum absolute atomic E-state index is 0.0503. The van der Waals surface area contributed by atoms with E-state index in [0.717, 1.165) is 44.7 Å². The minimum Gasteiger partial charge on any atom is -0.368 e. The standard InChI is InChI=1S/C24H32N6O4S/c31-35(32,24-25-19-5-1-2-6-20(19)26-24)30-12-4-3-7-21(30)23-27-22(34-28-23)16-33-18-10-13-29(14-11-18)15-17-8-9-17/h1-2,5-6,17-18,21H,3-4,7-16H2,(H,25,26)/t21-/m0/s1. The van der Waals surface area contributed by atoms with Gasteiger partial charge in [0.25, 0.3) is 15.9 Å². The number of hydrogen-bond acceptors (Lipinski definition) is 8. The van der Waals surface area contributed by atoms with Gasteiger partial charge in [-0.05, 0) is 56.6 Å². The molecule has 3 aromatic rings. The Bertz CT molecular complexity index is 1230. The molecular formula is C24H32N6O4S. The Balaban J connectivity index is 1.11. The average molecular weight is 501 g/mol. The van der Waals surface area contributed by atoms with Gasteiger partial charge in [0.15, 0.2) is 5.82 Å². The van der Waals surface area contributed by atoms with Crippen LogP contribution in [0.1, 0.15) is 62.7 Å². The van der Waals surface area contributed by atoms with Crippen molar-refractivity contribution < 1.29 is 17.7 Å². The molecule has 0 unspecified atom stereocenters. The van der Waals surface area contributed by atoms with E-state index in [1.54, 1.807) is 6.07 Å². The number of aromatic nitrogens is 4. The second kappa shape index (κ2) is 9.61. The molecular weight excluding hydrogens is 468 g/mol. The largest absolute Gasteiger partial charge is 0.368 e. The van der Waals surface area contributed by atoms with Crippen molar-refractivity contribution >= 4 is 21.1 Å². The Hall–Kier alpha value is -2.34. The van der Waals surface area contributed by atoms with Gasteiger partial charge in [-0.25, -0.2) is 13.4 Å². The molecule has 6 rings (SSSR count). The lowest BCUT2D eigenvalue weighted by atomic mass is 10.0. The molecule has 35 heavy (non-hydrogen) atoms. The van der Waals surface area contributed by atoms with Crippen LogP contribution in [0, 0.1) is 5.92 Å². The van der Waals surface area contributed by atoms with Crippen LogP contribution in [0.25, 0.3) is 11.0 Å². The molecule has 10 nitrogen and oxygen atoms in total. The Morgan fingerprint density at radius 3 is 2.66 bits per heavy atom. The Kier molecular flexibility index (Phi) is 6.34. The lowest BCUT2D eigenvalue weighted by Crippen LogP contribution is -2.39. The van der Waals surface area contributed by atoms with Gasteiger partial charge in [0.1, 0.15) is 6.61 Å². The molecule has 2 aromatic heterocycles. The SMILES string of the molecule is O=S(=O)(c1nc2ccccc2[nH]1)N1CCCC[C@H]1c1noc(COC2CCN(CC3CC3)CC2)n1. The molecule has 2 saturated heterocycles. The fourth-order valence-electron chi connectivity index (χ4n) is 5.19. The summed E-state index contributed by atoms with van der Waals surface area (Å²) in [5, 5.41) is 4.09. The quantitative estimate of drug-likeness (QED) is 0.501. The highest BCUT2D eigenvalue weighted by molar-refractivity contribution is 7.89. The number of para-hydroxylation sites is 2. The third kappa shape index (κ3) is 5.00. The lowest BCUT2D eigenvalue weighted by Gasteiger charge is -2.31. The summed E-state index contributed by atoms with van der Waals surface area (Å²) in [5.41, 5.74) is 1.31. The predicted octanol–water partition coefficient (Wildman–Crippen LogP) is 3.25. The number of H-pyrrole nitrogens is 1. The summed E-state index contributed by atoms with van der Waals surface area (Å²) >= 11 is 0. The average Bonchev–Trinajstić information content (AvgIpc) is 3.39. The van der Waals surface area contributed by atoms with E-state index < -0.39 is 16.1 Å². The Labute approximate surface area is 205 Å². The molecule has 0 spiro atoms. The van der Waals surface area contributed by atoms with Gasteiger partial charge in [-0.2, -0.15) is 9.29 Å². The number of ether oxygens (including phenoxy) is 1. The van der Waals surface area contributed by atoms with Gasteiger partial charge in [-0.1, -0.05) is 23.7 Å². The van der Waals surface area contributed by atoms with Crippen molar-refractivity contribution in [2.24, 2.45) is 5.92 Å². The monoisotopic (exact) mass is 500 g/mol. The number of fused-ring (bicyclic) bond motifs is 1. The van der Waals surface area contributed by atoms with Gasteiger partial charge >= 0.3 is 0 Å². The molecule has 3 aliphatic rings. The van der Waals surface area contributed by atoms with Crippen molar-refractivity contribution in [3.63, 3.8) is 0 Å². The first-order valence-electron chi connectivity index (χ1n) is 12.7. The highest BCUT2D eigenvalue weighted by atomic mass is 32.2. The maximum absolute atomic E-state index is 13.5. The van der Waals surface area contributed by atoms with Crippen LogP contribution in [0.15, 0.2) is 33.9 Å². The first-order chi connectivity index (χ1) is 17.1. The molecule has 1 aliphatic carbocycles. The van der Waals surface area contributed by atoms with Crippen molar-refractivity contribution in [3.05, 3.63) is 36.0 Å². The molecule has 1 saturated carbocycles. The second-order valence-electron chi connectivity index (χ2n) is 9.99. The molecule has 0 amide bonds. The van der Waals surface area contributed by atoms with Crippen molar-refractivity contribution in [1.82, 2.24) is 29.3 Å². The second-order valence-corrected chi connectivity index (χ2v) is 11.8. The van der Waals surface area contributed by atoms with Crippen molar-refractivity contribution in [3.8, 4) is 0 Å². The van der Waals surface area contributed by atoms with E-state index in [4.69, 9.17) is 9.26 Å². The topological polar surface area (TPSA) is 117 Å². The normalized spacial score (nSPS) is 23.3. The van der Waals surface area contributed by atoms with Gasteiger partial charge in [-0.3, -0.25) is 0 Å². The number of benzene rings is 1. The summed E-state index contributed by atoms with van der Waals surface area (Å²) in [4.78, 5) is 14.4. The Morgan fingerprint density at radius 2 is 1.86 bits per heavy atom. The van der Waals surface area contributed by atoms with E-state index in [1.165, 1.54) is 23.7 Å². The van der Waals surface area contributed by atoms with Crippen LogP contribution >= 0.6 is 0 Å². The van der Waals surface area contributed by atoms with Crippen LogP contribution in [0.4, 0.5) is 0 Å². The van der Waals surface area contributed by atoms with Crippen LogP contribution in [-0.2, 0) is 21.4 Å². The number of piperidine rings is 2. The van der Waals surface area contributed by atoms with Gasteiger partial charge in [0.05, 0.1) is 23.2 Å². The molecule has 0 radical (unpaired) electrons. The highest BCUT2D eigenvalue weighted by Crippen LogP contribution is 2.34. The van der Waals surface area contributed by atoms with E-state index in [2.05, 4.69) is 25.0 Å². The first-order valence-corrected chi connectivity index (χ1v) is 14.1. The molecule has 4 heterocycles. The van der Waals surface area contributed by atoms with Crippen LogP contribution in [0.5, 0.6) is 0 Å². The van der Waals surface area contributed by atoms with Crippen molar-refractivity contribution in [2.75, 3.05) is 26.2 Å². The summed E-state index contributed by atoms with van der Waals surface area (Å²) in [7, 11) is -3.84. The van der Waals surface area contributed by atoms with E-state index in [9.17, 15) is 8.42 Å². The molecule has 0 bridgehead atoms. The third-order valence-electron chi connectivity index (χ3n) is 7.35. The molecule has 11 heteroatoms. The number of aromatic amines is 1. The van der Waals surface area contributed by atoms with Gasteiger partial charge < -0.3 is 19.1 Å². The fraction of sp³-hybridized carbons (Fsp3) is 0.625. The van der Waals surface area contributed by atoms with Crippen LogP contribution < -0.4 is 0 Å². The maximum atomic E-state index is 13.5. The fourth-order valence-corrected chi connectivity index (χ4v) is 6.77. The smallest absolute Gasteiger partial charge is 0.277 e. The van der Waals surface area contributed by atoms with Crippen molar-refractivity contribution in [2.45, 2.75) is 68.9 Å². The van der Waals surface area contributed by atoms with E-state index in [0.29, 0.717) is 35.7 Å². The van der Waals surface area contributed by atoms with Gasteiger partial charge in [0, 0.05) is 26.2 Å². The molecule has 188 valence electrons. The van der Waals surface area contributed by atoms with Crippen LogP contribution in [0.2, 0.25) is 0 Å². The number of hydrogen-bond donors (Lipinski definition) is 1. The molecule has 2 aliphatic heterocycles. The van der Waals surface area contributed by atoms with Crippen molar-refractivity contribution in [1.29, 1.82) is 0 Å². The number of rotatable bonds is 8. The van der Waals surface area contributed by atoms with Gasteiger partial charge in [0.2, 0.25) is 5.16 Å². The zero-order valence-corrected chi connectivity index (χ0v) is 20.6. The van der Waals surface area contributed by atoms with E-state index >= 15 is 0 Å². The Morgan fingerprint density at radius 1 is 1.03 bits per heavy atom. The third-order valence-corrected chi connectivity index (χ3v) is 9.08. The number of nitrogens with zero attached hydrogens (tertiary/aromatic N) is 5.